The fourth-order valence-corrected chi connectivity index (χ4v) is 3.64. The van der Waals surface area contributed by atoms with Gasteiger partial charge in [-0.1, -0.05) is 95.2 Å². The second kappa shape index (κ2) is 13.2. The van der Waals surface area contributed by atoms with Gasteiger partial charge in [-0.2, -0.15) is 0 Å². The van der Waals surface area contributed by atoms with E-state index < -0.39 is 0 Å². The zero-order valence-corrected chi connectivity index (χ0v) is 17.2. The first-order valence-corrected chi connectivity index (χ1v) is 10.6. The molecule has 1 atom stereocenters. The Morgan fingerprint density at radius 1 is 0.840 bits per heavy atom. The third kappa shape index (κ3) is 9.84. The molecule has 142 valence electrons. The highest BCUT2D eigenvalue weighted by Gasteiger charge is 2.25. The van der Waals surface area contributed by atoms with Crippen molar-refractivity contribution in [1.29, 1.82) is 0 Å². The van der Waals surface area contributed by atoms with Gasteiger partial charge in [-0.25, -0.2) is 0 Å². The van der Waals surface area contributed by atoms with E-state index in [-0.39, 0.29) is 0 Å². The molecule has 0 bridgehead atoms. The molecule has 0 saturated heterocycles. The van der Waals surface area contributed by atoms with Crippen molar-refractivity contribution in [3.05, 3.63) is 48.6 Å². The van der Waals surface area contributed by atoms with Gasteiger partial charge in [0.15, 0.2) is 0 Å². The van der Waals surface area contributed by atoms with Crippen LogP contribution in [0.3, 0.4) is 0 Å². The van der Waals surface area contributed by atoms with E-state index in [1.807, 2.05) is 0 Å². The maximum Gasteiger partial charge on any atom is 0.111 e. The summed E-state index contributed by atoms with van der Waals surface area (Å²) in [5, 5.41) is 0. The van der Waals surface area contributed by atoms with E-state index in [1.54, 1.807) is 0 Å². The highest BCUT2D eigenvalue weighted by molar-refractivity contribution is 5.16. The molecular formula is C24H42N+. The van der Waals surface area contributed by atoms with Crippen LogP contribution in [0.2, 0.25) is 0 Å². The molecule has 0 amide bonds. The minimum Gasteiger partial charge on any atom is -0.323 e. The van der Waals surface area contributed by atoms with Gasteiger partial charge in [0.05, 0.1) is 20.6 Å². The van der Waals surface area contributed by atoms with Crippen LogP contribution in [0.25, 0.3) is 0 Å². The molecule has 1 aromatic rings. The number of quaternary nitrogens is 1. The molecule has 1 unspecified atom stereocenters. The van der Waals surface area contributed by atoms with Crippen molar-refractivity contribution in [3.8, 4) is 0 Å². The van der Waals surface area contributed by atoms with Gasteiger partial charge in [0.1, 0.15) is 6.04 Å². The number of unbranched alkanes of at least 4 members (excludes halogenated alkanes) is 9. The second-order valence-electron chi connectivity index (χ2n) is 8.18. The lowest BCUT2D eigenvalue weighted by Gasteiger charge is -2.37. The average molecular weight is 345 g/mol. The van der Waals surface area contributed by atoms with E-state index in [4.69, 9.17) is 0 Å². The lowest BCUT2D eigenvalue weighted by atomic mass is 10.0. The first kappa shape index (κ1) is 22.0. The quantitative estimate of drug-likeness (QED) is 0.187. The predicted molar refractivity (Wildman–Crippen MR) is 113 cm³/mol. The van der Waals surface area contributed by atoms with Crippen molar-refractivity contribution in [1.82, 2.24) is 0 Å². The maximum atomic E-state index is 4.11. The highest BCUT2D eigenvalue weighted by Crippen LogP contribution is 2.17. The van der Waals surface area contributed by atoms with Gasteiger partial charge in [0, 0.05) is 6.42 Å². The summed E-state index contributed by atoms with van der Waals surface area (Å²) >= 11 is 0. The van der Waals surface area contributed by atoms with Gasteiger partial charge in [0.25, 0.3) is 0 Å². The largest absolute Gasteiger partial charge is 0.323 e. The van der Waals surface area contributed by atoms with Crippen LogP contribution in [-0.2, 0) is 6.42 Å². The van der Waals surface area contributed by atoms with Crippen LogP contribution in [0.4, 0.5) is 0 Å². The average Bonchev–Trinajstić information content (AvgIpc) is 2.62. The second-order valence-corrected chi connectivity index (χ2v) is 8.18. The molecule has 0 fully saturated rings. The first-order chi connectivity index (χ1) is 12.1. The maximum absolute atomic E-state index is 4.11. The molecule has 0 aliphatic heterocycles. The van der Waals surface area contributed by atoms with E-state index >= 15 is 0 Å². The fraction of sp³-hybridized carbons (Fsp3) is 0.667. The first-order valence-electron chi connectivity index (χ1n) is 10.6. The number of hydrogen-bond donors (Lipinski definition) is 0. The Balaban J connectivity index is 2.17. The molecule has 0 aliphatic carbocycles. The van der Waals surface area contributed by atoms with Crippen molar-refractivity contribution >= 4 is 0 Å². The highest BCUT2D eigenvalue weighted by atomic mass is 15.3. The number of rotatable bonds is 15. The van der Waals surface area contributed by atoms with Crippen LogP contribution >= 0.6 is 0 Å². The van der Waals surface area contributed by atoms with Crippen molar-refractivity contribution in [2.75, 3.05) is 20.6 Å². The number of benzene rings is 1. The van der Waals surface area contributed by atoms with Crippen LogP contribution in [0, 0.1) is 0 Å². The number of hydrogen-bond acceptors (Lipinski definition) is 0. The minimum atomic E-state index is 0.501. The van der Waals surface area contributed by atoms with E-state index in [1.165, 1.54) is 76.3 Å². The van der Waals surface area contributed by atoms with E-state index in [2.05, 4.69) is 64.0 Å². The standard InChI is InChI=1S/C24H42N/c1-5-7-8-9-10-11-12-13-14-18-21-25(3,4)24(6-2)22-23-19-16-15-17-20-23/h6,15-17,19-20,24H,2,5,7-14,18,21-22H2,1,3-4H3/q+1. The summed E-state index contributed by atoms with van der Waals surface area (Å²) in [5.74, 6) is 0. The molecule has 25 heavy (non-hydrogen) atoms. The summed E-state index contributed by atoms with van der Waals surface area (Å²) in [6.45, 7) is 7.65. The van der Waals surface area contributed by atoms with Crippen molar-refractivity contribution in [3.63, 3.8) is 0 Å². The number of nitrogens with zero attached hydrogens (tertiary/aromatic N) is 1. The Morgan fingerprint density at radius 3 is 1.88 bits per heavy atom. The summed E-state index contributed by atoms with van der Waals surface area (Å²) in [5.41, 5.74) is 1.42. The molecule has 1 rings (SSSR count). The SMILES string of the molecule is C=CC(Cc1ccccc1)[N+](C)(C)CCCCCCCCCCCC. The molecule has 0 radical (unpaired) electrons. The molecule has 1 nitrogen and oxygen atoms in total. The molecule has 1 aromatic carbocycles. The summed E-state index contributed by atoms with van der Waals surface area (Å²) in [7, 11) is 4.73. The van der Waals surface area contributed by atoms with Crippen LogP contribution in [-0.4, -0.2) is 31.2 Å². The summed E-state index contributed by atoms with van der Waals surface area (Å²) in [6, 6.07) is 11.3. The zero-order valence-electron chi connectivity index (χ0n) is 17.2. The molecule has 1 heteroatoms. The van der Waals surface area contributed by atoms with E-state index in [0.717, 1.165) is 10.9 Å². The van der Waals surface area contributed by atoms with Crippen LogP contribution < -0.4 is 0 Å². The van der Waals surface area contributed by atoms with E-state index in [9.17, 15) is 0 Å². The number of likely N-dealkylation sites (N-methyl/N-ethyl adjacent to an activating group) is 1. The Hall–Kier alpha value is -1.08. The van der Waals surface area contributed by atoms with Crippen molar-refractivity contribution in [2.24, 2.45) is 0 Å². The molecule has 0 spiro atoms. The molecule has 0 heterocycles. The third-order valence-corrected chi connectivity index (χ3v) is 5.55. The zero-order chi connectivity index (χ0) is 18.4. The summed E-state index contributed by atoms with van der Waals surface area (Å²) in [6.07, 6.45) is 17.3. The Kier molecular flexibility index (Phi) is 11.6. The van der Waals surface area contributed by atoms with Crippen molar-refractivity contribution in [2.45, 2.75) is 83.6 Å². The Labute approximate surface area is 157 Å². The van der Waals surface area contributed by atoms with Gasteiger partial charge >= 0.3 is 0 Å². The normalized spacial score (nSPS) is 12.9. The van der Waals surface area contributed by atoms with Gasteiger partial charge < -0.3 is 4.48 Å². The lowest BCUT2D eigenvalue weighted by molar-refractivity contribution is -0.908. The van der Waals surface area contributed by atoms with Gasteiger partial charge in [-0.05, 0) is 24.5 Å². The Morgan fingerprint density at radius 2 is 1.36 bits per heavy atom. The van der Waals surface area contributed by atoms with Gasteiger partial charge in [-0.3, -0.25) is 0 Å². The monoisotopic (exact) mass is 344 g/mol. The van der Waals surface area contributed by atoms with Crippen LogP contribution in [0.5, 0.6) is 0 Å². The molecular weight excluding hydrogens is 302 g/mol. The smallest absolute Gasteiger partial charge is 0.111 e. The third-order valence-electron chi connectivity index (χ3n) is 5.55. The predicted octanol–water partition coefficient (Wildman–Crippen LogP) is 6.78. The van der Waals surface area contributed by atoms with Gasteiger partial charge in [-0.15, -0.1) is 0 Å². The van der Waals surface area contributed by atoms with Crippen molar-refractivity contribution < 1.29 is 4.48 Å². The molecule has 0 N–H and O–H groups in total. The topological polar surface area (TPSA) is 0 Å². The molecule has 0 aliphatic rings. The van der Waals surface area contributed by atoms with Crippen LogP contribution in [0.15, 0.2) is 43.0 Å². The minimum absolute atomic E-state index is 0.501. The summed E-state index contributed by atoms with van der Waals surface area (Å²) in [4.78, 5) is 0. The lowest BCUT2D eigenvalue weighted by Crippen LogP contribution is -2.49. The molecule has 0 saturated carbocycles. The van der Waals surface area contributed by atoms with E-state index in [0.29, 0.717) is 6.04 Å². The van der Waals surface area contributed by atoms with Crippen LogP contribution in [0.1, 0.15) is 76.7 Å². The Bertz CT molecular complexity index is 435. The fourth-order valence-electron chi connectivity index (χ4n) is 3.64. The summed E-state index contributed by atoms with van der Waals surface area (Å²) < 4.78 is 1.05. The molecule has 0 aromatic heterocycles. The van der Waals surface area contributed by atoms with Gasteiger partial charge in [0.2, 0.25) is 0 Å².